The number of nitrogens with two attached hydrogens (primary N) is 1. The average Bonchev–Trinajstić information content (AvgIpc) is 2.72. The molecule has 0 aliphatic rings. The summed E-state index contributed by atoms with van der Waals surface area (Å²) >= 11 is 6.11. The third-order valence-corrected chi connectivity index (χ3v) is 5.41. The molecule has 0 aliphatic heterocycles. The van der Waals surface area contributed by atoms with E-state index in [4.69, 9.17) is 17.3 Å². The van der Waals surface area contributed by atoms with Gasteiger partial charge in [0, 0.05) is 16.8 Å². The first-order valence-corrected chi connectivity index (χ1v) is 9.84. The molecule has 4 aromatic carbocycles. The second kappa shape index (κ2) is 8.05. The summed E-state index contributed by atoms with van der Waals surface area (Å²) in [5.41, 5.74) is 10.4. The van der Waals surface area contributed by atoms with Crippen LogP contribution in [0, 0.1) is 0 Å². The van der Waals surface area contributed by atoms with Crippen molar-refractivity contribution >= 4 is 28.1 Å². The highest BCUT2D eigenvalue weighted by Crippen LogP contribution is 2.30. The number of hydrogen-bond donors (Lipinski definition) is 2. The Bertz CT molecular complexity index is 1080. The summed E-state index contributed by atoms with van der Waals surface area (Å²) in [6.07, 6.45) is 0. The highest BCUT2D eigenvalue weighted by molar-refractivity contribution is 6.30. The molecule has 0 saturated heterocycles. The zero-order valence-corrected chi connectivity index (χ0v) is 16.5. The SMILES string of the molecule is C[C@@H](NC(c1ccc(Cl)cc1)c1cccc(N)c1)c1cccc2ccccc12. The lowest BCUT2D eigenvalue weighted by Crippen LogP contribution is -2.26. The summed E-state index contributed by atoms with van der Waals surface area (Å²) in [6, 6.07) is 31.2. The lowest BCUT2D eigenvalue weighted by Gasteiger charge is -2.26. The quantitative estimate of drug-likeness (QED) is 0.383. The van der Waals surface area contributed by atoms with Crippen LogP contribution in [0.1, 0.15) is 35.7 Å². The third-order valence-electron chi connectivity index (χ3n) is 5.15. The van der Waals surface area contributed by atoms with E-state index in [0.717, 1.165) is 21.8 Å². The van der Waals surface area contributed by atoms with Gasteiger partial charge in [0.05, 0.1) is 6.04 Å². The number of benzene rings is 4. The zero-order valence-electron chi connectivity index (χ0n) is 15.8. The number of nitrogen functional groups attached to an aromatic ring is 1. The Balaban J connectivity index is 1.73. The molecule has 0 bridgehead atoms. The first kappa shape index (κ1) is 18.5. The molecule has 0 aromatic heterocycles. The van der Waals surface area contributed by atoms with Crippen LogP contribution in [0.3, 0.4) is 0 Å². The molecule has 1 unspecified atom stereocenters. The van der Waals surface area contributed by atoms with E-state index < -0.39 is 0 Å². The molecule has 2 nitrogen and oxygen atoms in total. The molecule has 0 saturated carbocycles. The minimum atomic E-state index is 0.00901. The highest BCUT2D eigenvalue weighted by atomic mass is 35.5. The molecule has 0 amide bonds. The third kappa shape index (κ3) is 3.89. The van der Waals surface area contributed by atoms with Crippen molar-refractivity contribution in [2.75, 3.05) is 5.73 Å². The predicted molar refractivity (Wildman–Crippen MR) is 120 cm³/mol. The van der Waals surface area contributed by atoms with Gasteiger partial charge in [-0.2, -0.15) is 0 Å². The van der Waals surface area contributed by atoms with Gasteiger partial charge in [0.15, 0.2) is 0 Å². The van der Waals surface area contributed by atoms with Crippen LogP contribution in [-0.4, -0.2) is 0 Å². The Morgan fingerprint density at radius 3 is 2.29 bits per heavy atom. The van der Waals surface area contributed by atoms with E-state index in [2.05, 4.69) is 72.9 Å². The van der Waals surface area contributed by atoms with Gasteiger partial charge < -0.3 is 5.73 Å². The molecule has 4 rings (SSSR count). The molecule has 0 radical (unpaired) electrons. The van der Waals surface area contributed by atoms with E-state index in [-0.39, 0.29) is 12.1 Å². The van der Waals surface area contributed by atoms with E-state index in [1.54, 1.807) is 0 Å². The van der Waals surface area contributed by atoms with Crippen molar-refractivity contribution < 1.29 is 0 Å². The van der Waals surface area contributed by atoms with Gasteiger partial charge in [0.1, 0.15) is 0 Å². The molecular weight excluding hydrogens is 364 g/mol. The van der Waals surface area contributed by atoms with Crippen molar-refractivity contribution in [3.8, 4) is 0 Å². The first-order chi connectivity index (χ1) is 13.6. The number of hydrogen-bond acceptors (Lipinski definition) is 2. The smallest absolute Gasteiger partial charge is 0.0582 e. The van der Waals surface area contributed by atoms with Crippen molar-refractivity contribution in [2.24, 2.45) is 0 Å². The van der Waals surface area contributed by atoms with E-state index in [9.17, 15) is 0 Å². The molecule has 0 spiro atoms. The van der Waals surface area contributed by atoms with Gasteiger partial charge in [-0.3, -0.25) is 5.32 Å². The normalized spacial score (nSPS) is 13.4. The maximum absolute atomic E-state index is 6.11. The number of halogens is 1. The molecule has 3 heteroatoms. The van der Waals surface area contributed by atoms with E-state index in [0.29, 0.717) is 0 Å². The van der Waals surface area contributed by atoms with Crippen molar-refractivity contribution in [2.45, 2.75) is 19.0 Å². The fraction of sp³-hybridized carbons (Fsp3) is 0.120. The second-order valence-electron chi connectivity index (χ2n) is 7.11. The second-order valence-corrected chi connectivity index (χ2v) is 7.55. The standard InChI is InChI=1S/C25H23ClN2/c1-17(23-11-5-7-18-6-2-3-10-24(18)23)28-25(19-12-14-21(26)15-13-19)20-8-4-9-22(27)16-20/h2-17,25,28H,27H2,1H3/t17-,25?/m1/s1. The van der Waals surface area contributed by atoms with Crippen molar-refractivity contribution in [1.29, 1.82) is 0 Å². The van der Waals surface area contributed by atoms with Crippen molar-refractivity contribution in [3.63, 3.8) is 0 Å². The molecule has 28 heavy (non-hydrogen) atoms. The van der Waals surface area contributed by atoms with E-state index in [1.807, 2.05) is 30.3 Å². The van der Waals surface area contributed by atoms with E-state index in [1.165, 1.54) is 16.3 Å². The monoisotopic (exact) mass is 386 g/mol. The van der Waals surface area contributed by atoms with Crippen molar-refractivity contribution in [1.82, 2.24) is 5.32 Å². The molecule has 3 N–H and O–H groups in total. The minimum Gasteiger partial charge on any atom is -0.399 e. The van der Waals surface area contributed by atoms with Crippen LogP contribution in [0.2, 0.25) is 5.02 Å². The maximum Gasteiger partial charge on any atom is 0.0582 e. The Hall–Kier alpha value is -2.81. The van der Waals surface area contributed by atoms with Crippen LogP contribution in [0.25, 0.3) is 10.8 Å². The van der Waals surface area contributed by atoms with E-state index >= 15 is 0 Å². The lowest BCUT2D eigenvalue weighted by atomic mass is 9.94. The summed E-state index contributed by atoms with van der Waals surface area (Å²) in [5, 5.41) is 7.06. The molecule has 0 heterocycles. The lowest BCUT2D eigenvalue weighted by molar-refractivity contribution is 0.519. The van der Waals surface area contributed by atoms with Crippen LogP contribution in [-0.2, 0) is 0 Å². The highest BCUT2D eigenvalue weighted by Gasteiger charge is 2.19. The Kier molecular flexibility index (Phi) is 5.34. The molecule has 0 fully saturated rings. The van der Waals surface area contributed by atoms with Gasteiger partial charge >= 0.3 is 0 Å². The molecule has 140 valence electrons. The number of anilines is 1. The van der Waals surface area contributed by atoms with Crippen LogP contribution in [0.15, 0.2) is 91.0 Å². The van der Waals surface area contributed by atoms with Crippen LogP contribution >= 0.6 is 11.6 Å². The maximum atomic E-state index is 6.11. The van der Waals surface area contributed by atoms with Crippen LogP contribution in [0.5, 0.6) is 0 Å². The Morgan fingerprint density at radius 2 is 1.50 bits per heavy atom. The number of nitrogens with one attached hydrogen (secondary N) is 1. The fourth-order valence-corrected chi connectivity index (χ4v) is 3.87. The molecule has 4 aromatic rings. The first-order valence-electron chi connectivity index (χ1n) is 9.46. The molecule has 2 atom stereocenters. The topological polar surface area (TPSA) is 38.0 Å². The molecular formula is C25H23ClN2. The average molecular weight is 387 g/mol. The number of fused-ring (bicyclic) bond motifs is 1. The van der Waals surface area contributed by atoms with Gasteiger partial charge in [-0.25, -0.2) is 0 Å². The van der Waals surface area contributed by atoms with Crippen LogP contribution < -0.4 is 11.1 Å². The zero-order chi connectivity index (χ0) is 19.5. The predicted octanol–water partition coefficient (Wildman–Crippen LogP) is 6.52. The summed E-state index contributed by atoms with van der Waals surface area (Å²) in [5.74, 6) is 0. The van der Waals surface area contributed by atoms with Gasteiger partial charge in [-0.05, 0) is 58.7 Å². The number of rotatable bonds is 5. The summed E-state index contributed by atoms with van der Waals surface area (Å²) in [6.45, 7) is 2.21. The van der Waals surface area contributed by atoms with Crippen LogP contribution in [0.4, 0.5) is 5.69 Å². The summed E-state index contributed by atoms with van der Waals surface area (Å²) in [7, 11) is 0. The Morgan fingerprint density at radius 1 is 0.786 bits per heavy atom. The largest absolute Gasteiger partial charge is 0.399 e. The van der Waals surface area contributed by atoms with Gasteiger partial charge in [-0.1, -0.05) is 78.3 Å². The van der Waals surface area contributed by atoms with Gasteiger partial charge in [0.25, 0.3) is 0 Å². The van der Waals surface area contributed by atoms with Gasteiger partial charge in [-0.15, -0.1) is 0 Å². The summed E-state index contributed by atoms with van der Waals surface area (Å²) in [4.78, 5) is 0. The molecule has 0 aliphatic carbocycles. The Labute approximate surface area is 171 Å². The van der Waals surface area contributed by atoms with Crippen molar-refractivity contribution in [3.05, 3.63) is 113 Å². The van der Waals surface area contributed by atoms with Gasteiger partial charge in [0.2, 0.25) is 0 Å². The summed E-state index contributed by atoms with van der Waals surface area (Å²) < 4.78 is 0. The fourth-order valence-electron chi connectivity index (χ4n) is 3.75. The minimum absolute atomic E-state index is 0.00901.